The lowest BCUT2D eigenvalue weighted by molar-refractivity contribution is -0.147. The smallest absolute Gasteiger partial charge is 0.326 e. The van der Waals surface area contributed by atoms with Crippen molar-refractivity contribution in [2.45, 2.75) is 37.4 Å². The predicted octanol–water partition coefficient (Wildman–Crippen LogP) is -3.33. The van der Waals surface area contributed by atoms with Crippen molar-refractivity contribution in [3.63, 3.8) is 0 Å². The first-order valence-electron chi connectivity index (χ1n) is 11.6. The van der Waals surface area contributed by atoms with Gasteiger partial charge in [0.1, 0.15) is 18.1 Å². The normalized spacial score (nSPS) is 12.9. The van der Waals surface area contributed by atoms with Gasteiger partial charge in [0.25, 0.3) is 0 Å². The zero-order chi connectivity index (χ0) is 29.1. The number of nitrogens with two attached hydrogens (primary N) is 2. The summed E-state index contributed by atoms with van der Waals surface area (Å²) < 4.78 is 0. The Morgan fingerprint density at radius 3 is 2.10 bits per heavy atom. The number of para-hydroxylation sites is 1. The van der Waals surface area contributed by atoms with Crippen LogP contribution in [0.3, 0.4) is 0 Å². The van der Waals surface area contributed by atoms with Gasteiger partial charge in [-0.3, -0.25) is 28.8 Å². The second-order valence-corrected chi connectivity index (χ2v) is 8.39. The number of carboxylic acid groups (broad SMARTS) is 2. The first kappa shape index (κ1) is 30.2. The van der Waals surface area contributed by atoms with E-state index >= 15 is 0 Å². The molecule has 0 aliphatic heterocycles. The Morgan fingerprint density at radius 2 is 1.49 bits per heavy atom. The number of aromatic nitrogens is 1. The number of hydrogen-bond donors (Lipinski definition) is 9. The van der Waals surface area contributed by atoms with Gasteiger partial charge in [-0.2, -0.15) is 0 Å². The molecule has 0 saturated heterocycles. The van der Waals surface area contributed by atoms with Gasteiger partial charge in [-0.15, -0.1) is 0 Å². The van der Waals surface area contributed by atoms with E-state index in [9.17, 15) is 38.7 Å². The van der Waals surface area contributed by atoms with Crippen molar-refractivity contribution in [3.8, 4) is 0 Å². The summed E-state index contributed by atoms with van der Waals surface area (Å²) in [5.74, 6) is -7.69. The molecule has 1 aromatic heterocycles. The maximum Gasteiger partial charge on any atom is 0.326 e. The van der Waals surface area contributed by atoms with E-state index in [1.807, 2.05) is 5.32 Å². The van der Waals surface area contributed by atoms with E-state index < -0.39 is 79.0 Å². The molecule has 1 heterocycles. The Labute approximate surface area is 220 Å². The van der Waals surface area contributed by atoms with Crippen LogP contribution in [0.1, 0.15) is 18.4 Å². The minimum atomic E-state index is -1.85. The molecule has 0 spiro atoms. The summed E-state index contributed by atoms with van der Waals surface area (Å²) >= 11 is 0. The zero-order valence-corrected chi connectivity index (χ0v) is 20.6. The summed E-state index contributed by atoms with van der Waals surface area (Å²) in [6.07, 6.45) is -0.193. The molecule has 3 atom stereocenters. The van der Waals surface area contributed by atoms with Crippen LogP contribution in [0, 0.1) is 0 Å². The Balaban J connectivity index is 2.28. The summed E-state index contributed by atoms with van der Waals surface area (Å²) in [5, 5.41) is 27.7. The van der Waals surface area contributed by atoms with Gasteiger partial charge < -0.3 is 47.9 Å². The van der Waals surface area contributed by atoms with Gasteiger partial charge in [0.05, 0.1) is 25.9 Å². The quantitative estimate of drug-likeness (QED) is 0.107. The van der Waals surface area contributed by atoms with Gasteiger partial charge in [0.15, 0.2) is 0 Å². The summed E-state index contributed by atoms with van der Waals surface area (Å²) in [6, 6.07) is 2.24. The van der Waals surface area contributed by atoms with Crippen LogP contribution in [0.25, 0.3) is 10.9 Å². The van der Waals surface area contributed by atoms with Gasteiger partial charge in [-0.1, -0.05) is 18.2 Å². The number of carbonyl (C=O) groups excluding carboxylic acids is 5. The summed E-state index contributed by atoms with van der Waals surface area (Å²) in [7, 11) is 0. The molecule has 0 aliphatic carbocycles. The van der Waals surface area contributed by atoms with E-state index in [0.29, 0.717) is 5.56 Å². The SMILES string of the molecule is NCC(=O)NCC(=O)NC(Cc1c[nH]c2ccccc12)C(=O)NC(CC(N)=O)C(=O)NC(CC(=O)O)C(=O)O. The fourth-order valence-corrected chi connectivity index (χ4v) is 3.56. The molecule has 0 bridgehead atoms. The molecule has 2 aromatic rings. The second kappa shape index (κ2) is 14.1. The molecule has 16 nitrogen and oxygen atoms in total. The highest BCUT2D eigenvalue weighted by Gasteiger charge is 2.32. The maximum absolute atomic E-state index is 13.2. The number of fused-ring (bicyclic) bond motifs is 1. The van der Waals surface area contributed by atoms with Crippen molar-refractivity contribution in [3.05, 3.63) is 36.0 Å². The molecule has 16 heteroatoms. The van der Waals surface area contributed by atoms with E-state index in [2.05, 4.69) is 20.9 Å². The van der Waals surface area contributed by atoms with Crippen LogP contribution in [0.5, 0.6) is 0 Å². The van der Waals surface area contributed by atoms with Crippen molar-refractivity contribution >= 4 is 52.4 Å². The third-order valence-corrected chi connectivity index (χ3v) is 5.41. The Morgan fingerprint density at radius 1 is 0.846 bits per heavy atom. The number of aliphatic carboxylic acids is 2. The largest absolute Gasteiger partial charge is 0.481 e. The van der Waals surface area contributed by atoms with E-state index in [4.69, 9.17) is 16.6 Å². The van der Waals surface area contributed by atoms with Crippen LogP contribution in [0.2, 0.25) is 0 Å². The highest BCUT2D eigenvalue weighted by Crippen LogP contribution is 2.19. The third-order valence-electron chi connectivity index (χ3n) is 5.41. The van der Waals surface area contributed by atoms with Gasteiger partial charge in [0, 0.05) is 23.5 Å². The number of benzene rings is 1. The molecule has 0 saturated carbocycles. The predicted molar refractivity (Wildman–Crippen MR) is 134 cm³/mol. The average molecular weight is 548 g/mol. The number of amides is 5. The fraction of sp³-hybridized carbons (Fsp3) is 0.348. The van der Waals surface area contributed by atoms with E-state index in [1.54, 1.807) is 30.5 Å². The highest BCUT2D eigenvalue weighted by atomic mass is 16.4. The molecule has 210 valence electrons. The van der Waals surface area contributed by atoms with Crippen LogP contribution in [0.4, 0.5) is 0 Å². The molecule has 5 amide bonds. The van der Waals surface area contributed by atoms with E-state index in [1.165, 1.54) is 0 Å². The number of hydrogen-bond acceptors (Lipinski definition) is 8. The lowest BCUT2D eigenvalue weighted by Crippen LogP contribution is -2.57. The number of H-pyrrole nitrogens is 1. The Kier molecular flexibility index (Phi) is 10.9. The zero-order valence-electron chi connectivity index (χ0n) is 20.6. The van der Waals surface area contributed by atoms with Gasteiger partial charge in [0.2, 0.25) is 29.5 Å². The first-order valence-corrected chi connectivity index (χ1v) is 11.6. The molecular weight excluding hydrogens is 518 g/mol. The minimum absolute atomic E-state index is 0.0892. The van der Waals surface area contributed by atoms with Gasteiger partial charge in [-0.25, -0.2) is 4.79 Å². The number of carbonyl (C=O) groups is 7. The standard InChI is InChI=1S/C23H29N7O9/c24-8-18(32)27-10-19(33)28-14(5-11-9-26-13-4-2-1-3-12(11)13)21(36)29-15(6-17(25)31)22(37)30-16(23(38)39)7-20(34)35/h1-4,9,14-16,26H,5-8,10,24H2,(H2,25,31)(H,27,32)(H,28,33)(H,29,36)(H,30,37)(H,34,35)(H,38,39). The van der Waals surface area contributed by atoms with E-state index in [0.717, 1.165) is 10.9 Å². The highest BCUT2D eigenvalue weighted by molar-refractivity contribution is 5.97. The van der Waals surface area contributed by atoms with E-state index in [-0.39, 0.29) is 13.0 Å². The monoisotopic (exact) mass is 547 g/mol. The maximum atomic E-state index is 13.2. The minimum Gasteiger partial charge on any atom is -0.481 e. The fourth-order valence-electron chi connectivity index (χ4n) is 3.56. The van der Waals surface area contributed by atoms with Gasteiger partial charge >= 0.3 is 11.9 Å². The molecule has 0 aliphatic rings. The number of nitrogens with one attached hydrogen (secondary N) is 5. The number of primary amides is 1. The molecule has 39 heavy (non-hydrogen) atoms. The van der Waals surface area contributed by atoms with Crippen molar-refractivity contribution in [2.24, 2.45) is 11.5 Å². The summed E-state index contributed by atoms with van der Waals surface area (Å²) in [6.45, 7) is -0.871. The van der Waals surface area contributed by atoms with Crippen molar-refractivity contribution in [1.82, 2.24) is 26.3 Å². The lowest BCUT2D eigenvalue weighted by atomic mass is 10.0. The number of aromatic amines is 1. The molecule has 0 fully saturated rings. The molecule has 11 N–H and O–H groups in total. The van der Waals surface area contributed by atoms with Crippen molar-refractivity contribution < 1.29 is 43.8 Å². The first-order chi connectivity index (χ1) is 18.4. The van der Waals surface area contributed by atoms with Crippen LogP contribution in [-0.4, -0.2) is 87.9 Å². The Hall–Kier alpha value is -4.99. The lowest BCUT2D eigenvalue weighted by Gasteiger charge is -2.24. The summed E-state index contributed by atoms with van der Waals surface area (Å²) in [5.41, 5.74) is 11.7. The molecule has 1 aromatic carbocycles. The number of carboxylic acids is 2. The van der Waals surface area contributed by atoms with Crippen LogP contribution in [0.15, 0.2) is 30.5 Å². The second-order valence-electron chi connectivity index (χ2n) is 8.39. The number of rotatable bonds is 15. The molecule has 2 rings (SSSR count). The molecule has 3 unspecified atom stereocenters. The van der Waals surface area contributed by atoms with Crippen LogP contribution < -0.4 is 32.7 Å². The topological polar surface area (TPSA) is 276 Å². The Bertz CT molecular complexity index is 1260. The average Bonchev–Trinajstić information content (AvgIpc) is 3.28. The third kappa shape index (κ3) is 9.43. The van der Waals surface area contributed by atoms with Crippen molar-refractivity contribution in [1.29, 1.82) is 0 Å². The summed E-state index contributed by atoms with van der Waals surface area (Å²) in [4.78, 5) is 86.7. The van der Waals surface area contributed by atoms with Gasteiger partial charge in [-0.05, 0) is 11.6 Å². The molecular formula is C23H29N7O9. The van der Waals surface area contributed by atoms with Crippen LogP contribution >= 0.6 is 0 Å². The van der Waals surface area contributed by atoms with Crippen molar-refractivity contribution in [2.75, 3.05) is 13.1 Å². The molecule has 0 radical (unpaired) electrons. The van der Waals surface area contributed by atoms with Crippen LogP contribution in [-0.2, 0) is 40.0 Å².